The summed E-state index contributed by atoms with van der Waals surface area (Å²) in [5.41, 5.74) is 0. The Morgan fingerprint density at radius 1 is 0.870 bits per heavy atom. The van der Waals surface area contributed by atoms with E-state index in [1.54, 1.807) is 0 Å². The van der Waals surface area contributed by atoms with Gasteiger partial charge in [-0.3, -0.25) is 0 Å². The molecule has 0 bridgehead atoms. The summed E-state index contributed by atoms with van der Waals surface area (Å²) in [6, 6.07) is 0. The van der Waals surface area contributed by atoms with Crippen molar-refractivity contribution in [3.63, 3.8) is 0 Å². The van der Waals surface area contributed by atoms with Crippen LogP contribution >= 0.6 is 0 Å². The average molecular weight is 329 g/mol. The van der Waals surface area contributed by atoms with Gasteiger partial charge in [0.05, 0.1) is 12.7 Å². The van der Waals surface area contributed by atoms with E-state index in [1.165, 1.54) is 70.6 Å². The smallest absolute Gasteiger partial charge is 0.143 e. The van der Waals surface area contributed by atoms with Crippen molar-refractivity contribution in [2.24, 2.45) is 5.92 Å². The highest BCUT2D eigenvalue weighted by atomic mass is 16.6. The maximum absolute atomic E-state index is 9.87. The molecule has 3 heteroatoms. The number of hydrogen-bond donors (Lipinski definition) is 2. The molecule has 0 aliphatic carbocycles. The van der Waals surface area contributed by atoms with Crippen molar-refractivity contribution in [1.29, 1.82) is 0 Å². The van der Waals surface area contributed by atoms with Gasteiger partial charge in [-0.05, 0) is 12.8 Å². The fourth-order valence-corrected chi connectivity index (χ4v) is 2.69. The molecular formula is C20H40O3. The van der Waals surface area contributed by atoms with Crippen molar-refractivity contribution < 1.29 is 14.9 Å². The summed E-state index contributed by atoms with van der Waals surface area (Å²) in [4.78, 5) is 0. The van der Waals surface area contributed by atoms with Gasteiger partial charge in [0.15, 0.2) is 0 Å². The molecule has 0 radical (unpaired) electrons. The van der Waals surface area contributed by atoms with Gasteiger partial charge in [-0.1, -0.05) is 90.2 Å². The van der Waals surface area contributed by atoms with Gasteiger partial charge in [0.25, 0.3) is 0 Å². The number of hydrogen-bond acceptors (Lipinski definition) is 3. The Bertz CT molecular complexity index is 253. The highest BCUT2D eigenvalue weighted by Gasteiger charge is 2.10. The first-order valence-electron chi connectivity index (χ1n) is 9.75. The van der Waals surface area contributed by atoms with Crippen LogP contribution in [0.15, 0.2) is 12.2 Å². The molecule has 0 aromatic carbocycles. The Kier molecular flexibility index (Phi) is 17.7. The van der Waals surface area contributed by atoms with Crippen molar-refractivity contribution in [3.8, 4) is 0 Å². The number of rotatable bonds is 17. The second-order valence-corrected chi connectivity index (χ2v) is 6.72. The lowest BCUT2D eigenvalue weighted by Gasteiger charge is -2.14. The van der Waals surface area contributed by atoms with Crippen LogP contribution in [0.4, 0.5) is 0 Å². The summed E-state index contributed by atoms with van der Waals surface area (Å²) in [7, 11) is 0. The Balaban J connectivity index is 3.30. The van der Waals surface area contributed by atoms with Crippen LogP contribution in [-0.4, -0.2) is 29.7 Å². The van der Waals surface area contributed by atoms with Crippen molar-refractivity contribution in [2.45, 2.75) is 97.0 Å². The average Bonchev–Trinajstić information content (AvgIpc) is 2.56. The van der Waals surface area contributed by atoms with Gasteiger partial charge in [-0.15, -0.1) is 0 Å². The summed E-state index contributed by atoms with van der Waals surface area (Å²) in [5, 5.41) is 18.4. The molecule has 2 N–H and O–H groups in total. The van der Waals surface area contributed by atoms with Crippen LogP contribution < -0.4 is 0 Å². The van der Waals surface area contributed by atoms with Crippen LogP contribution in [0.3, 0.4) is 0 Å². The van der Waals surface area contributed by atoms with E-state index in [0.29, 0.717) is 6.61 Å². The van der Waals surface area contributed by atoms with E-state index in [1.807, 2.05) is 13.0 Å². The van der Waals surface area contributed by atoms with Gasteiger partial charge in [0, 0.05) is 5.92 Å². The Morgan fingerprint density at radius 2 is 1.39 bits per heavy atom. The monoisotopic (exact) mass is 328 g/mol. The molecule has 3 nitrogen and oxygen atoms in total. The number of unbranched alkanes of at least 4 members (excludes halogenated alkanes) is 11. The lowest BCUT2D eigenvalue weighted by molar-refractivity contribution is -0.0301. The molecule has 138 valence electrons. The van der Waals surface area contributed by atoms with E-state index in [0.717, 1.165) is 6.42 Å². The zero-order valence-electron chi connectivity index (χ0n) is 15.5. The van der Waals surface area contributed by atoms with Crippen LogP contribution in [0.25, 0.3) is 0 Å². The standard InChI is InChI=1S/C20H40O3/c1-3-4-5-6-7-8-9-10-11-12-13-14-15-16-20(22)19(2)17-23-18-21/h15-16,19-22H,3-14,17-18H2,1-2H3/b16-15+/t19-,20+/m0/s1. The molecule has 0 heterocycles. The number of aliphatic hydroxyl groups is 2. The third-order valence-electron chi connectivity index (χ3n) is 4.36. The maximum Gasteiger partial charge on any atom is 0.143 e. The molecular weight excluding hydrogens is 288 g/mol. The van der Waals surface area contributed by atoms with Crippen molar-refractivity contribution >= 4 is 0 Å². The molecule has 0 aromatic heterocycles. The molecule has 0 rings (SSSR count). The third kappa shape index (κ3) is 16.3. The van der Waals surface area contributed by atoms with Crippen molar-refractivity contribution in [1.82, 2.24) is 0 Å². The molecule has 0 amide bonds. The van der Waals surface area contributed by atoms with Crippen LogP contribution in [0.1, 0.15) is 90.9 Å². The fourth-order valence-electron chi connectivity index (χ4n) is 2.69. The van der Waals surface area contributed by atoms with Crippen LogP contribution in [0.5, 0.6) is 0 Å². The lowest BCUT2D eigenvalue weighted by atomic mass is 10.0. The number of aliphatic hydroxyl groups excluding tert-OH is 2. The van der Waals surface area contributed by atoms with Crippen molar-refractivity contribution in [2.75, 3.05) is 13.4 Å². The van der Waals surface area contributed by atoms with Gasteiger partial charge >= 0.3 is 0 Å². The first-order valence-corrected chi connectivity index (χ1v) is 9.75. The van der Waals surface area contributed by atoms with E-state index in [2.05, 4.69) is 13.0 Å². The molecule has 0 saturated carbocycles. The zero-order valence-corrected chi connectivity index (χ0v) is 15.5. The van der Waals surface area contributed by atoms with Crippen LogP contribution in [-0.2, 0) is 4.74 Å². The topological polar surface area (TPSA) is 49.7 Å². The normalized spacial score (nSPS) is 14.4. The van der Waals surface area contributed by atoms with Gasteiger partial charge in [0.1, 0.15) is 6.79 Å². The predicted molar refractivity (Wildman–Crippen MR) is 98.4 cm³/mol. The van der Waals surface area contributed by atoms with Gasteiger partial charge in [0.2, 0.25) is 0 Å². The second-order valence-electron chi connectivity index (χ2n) is 6.72. The molecule has 2 atom stereocenters. The minimum Gasteiger partial charge on any atom is -0.389 e. The van der Waals surface area contributed by atoms with E-state index in [9.17, 15) is 5.11 Å². The first kappa shape index (κ1) is 22.6. The summed E-state index contributed by atoms with van der Waals surface area (Å²) < 4.78 is 4.90. The van der Waals surface area contributed by atoms with Gasteiger partial charge < -0.3 is 14.9 Å². The summed E-state index contributed by atoms with van der Waals surface area (Å²) in [5.74, 6) is 0.0238. The highest BCUT2D eigenvalue weighted by molar-refractivity contribution is 4.90. The summed E-state index contributed by atoms with van der Waals surface area (Å²) >= 11 is 0. The third-order valence-corrected chi connectivity index (χ3v) is 4.36. The lowest BCUT2D eigenvalue weighted by Crippen LogP contribution is -2.20. The molecule has 0 unspecified atom stereocenters. The van der Waals surface area contributed by atoms with Gasteiger partial charge in [-0.2, -0.15) is 0 Å². The Hall–Kier alpha value is -0.380. The summed E-state index contributed by atoms with van der Waals surface area (Å²) in [6.45, 7) is 4.30. The maximum atomic E-state index is 9.87. The Morgan fingerprint density at radius 3 is 1.91 bits per heavy atom. The zero-order chi connectivity index (χ0) is 17.2. The molecule has 23 heavy (non-hydrogen) atoms. The van der Waals surface area contributed by atoms with Gasteiger partial charge in [-0.25, -0.2) is 0 Å². The minimum absolute atomic E-state index is 0.0238. The van der Waals surface area contributed by atoms with E-state index < -0.39 is 6.10 Å². The molecule has 0 fully saturated rings. The fraction of sp³-hybridized carbons (Fsp3) is 0.900. The predicted octanol–water partition coefficient (Wildman–Crippen LogP) is 5.21. The van der Waals surface area contributed by atoms with Crippen LogP contribution in [0.2, 0.25) is 0 Å². The SMILES string of the molecule is CCCCCCCCCCCCC/C=C/[C@@H](O)[C@@H](C)COCO. The van der Waals surface area contributed by atoms with E-state index in [4.69, 9.17) is 9.84 Å². The quantitative estimate of drug-likeness (QED) is 0.219. The number of ether oxygens (including phenoxy) is 1. The molecule has 0 saturated heterocycles. The van der Waals surface area contributed by atoms with Crippen LogP contribution in [0, 0.1) is 5.92 Å². The van der Waals surface area contributed by atoms with E-state index in [-0.39, 0.29) is 12.7 Å². The minimum atomic E-state index is -0.478. The first-order chi connectivity index (χ1) is 11.2. The molecule has 0 spiro atoms. The molecule has 0 aliphatic rings. The molecule has 0 aliphatic heterocycles. The second kappa shape index (κ2) is 18.0. The summed E-state index contributed by atoms with van der Waals surface area (Å²) in [6.07, 6.45) is 19.5. The number of allylic oxidation sites excluding steroid dienone is 1. The van der Waals surface area contributed by atoms with E-state index >= 15 is 0 Å². The molecule has 0 aromatic rings. The largest absolute Gasteiger partial charge is 0.389 e. The highest BCUT2D eigenvalue weighted by Crippen LogP contribution is 2.12. The van der Waals surface area contributed by atoms with Crippen molar-refractivity contribution in [3.05, 3.63) is 12.2 Å². The Labute approximate surface area is 144 Å².